The van der Waals surface area contributed by atoms with Gasteiger partial charge in [-0.3, -0.25) is 4.79 Å². The van der Waals surface area contributed by atoms with Crippen molar-refractivity contribution in [2.75, 3.05) is 6.54 Å². The van der Waals surface area contributed by atoms with Crippen LogP contribution in [0.2, 0.25) is 0 Å². The summed E-state index contributed by atoms with van der Waals surface area (Å²) in [7, 11) is 0. The van der Waals surface area contributed by atoms with Crippen LogP contribution >= 0.6 is 0 Å². The molecule has 76 valence electrons. The molecule has 1 aliphatic rings. The number of nitrogens with two attached hydrogens (primary N) is 1. The zero-order valence-electron chi connectivity index (χ0n) is 8.44. The van der Waals surface area contributed by atoms with Gasteiger partial charge in [0.05, 0.1) is 5.54 Å². The Hall–Kier alpha value is -0.570. The van der Waals surface area contributed by atoms with E-state index in [0.29, 0.717) is 0 Å². The van der Waals surface area contributed by atoms with E-state index in [2.05, 4.69) is 5.32 Å². The summed E-state index contributed by atoms with van der Waals surface area (Å²) < 4.78 is 0. The first kappa shape index (κ1) is 10.5. The fourth-order valence-corrected chi connectivity index (χ4v) is 1.82. The molecule has 0 aliphatic heterocycles. The maximum atomic E-state index is 11.6. The zero-order chi connectivity index (χ0) is 9.73. The molecule has 1 aliphatic carbocycles. The quantitative estimate of drug-likeness (QED) is 0.692. The van der Waals surface area contributed by atoms with E-state index in [4.69, 9.17) is 5.73 Å². The number of nitrogens with one attached hydrogen (secondary N) is 1. The number of hydrogen-bond acceptors (Lipinski definition) is 2. The Morgan fingerprint density at radius 3 is 2.54 bits per heavy atom. The van der Waals surface area contributed by atoms with Crippen LogP contribution in [0.1, 0.15) is 45.4 Å². The summed E-state index contributed by atoms with van der Waals surface area (Å²) in [5.41, 5.74) is 5.47. The summed E-state index contributed by atoms with van der Waals surface area (Å²) in [6.45, 7) is 2.79. The molecule has 0 aromatic carbocycles. The smallest absolute Gasteiger partial charge is 0.240 e. The topological polar surface area (TPSA) is 55.1 Å². The van der Waals surface area contributed by atoms with Crippen molar-refractivity contribution in [3.8, 4) is 0 Å². The third-order valence-electron chi connectivity index (χ3n) is 2.73. The van der Waals surface area contributed by atoms with Gasteiger partial charge in [0.15, 0.2) is 0 Å². The van der Waals surface area contributed by atoms with E-state index in [9.17, 15) is 4.79 Å². The van der Waals surface area contributed by atoms with Crippen LogP contribution in [0.3, 0.4) is 0 Å². The van der Waals surface area contributed by atoms with Gasteiger partial charge in [0.25, 0.3) is 0 Å². The third-order valence-corrected chi connectivity index (χ3v) is 2.73. The molecule has 1 fully saturated rings. The molecule has 0 unspecified atom stereocenters. The number of hydrogen-bond donors (Lipinski definition) is 2. The van der Waals surface area contributed by atoms with E-state index < -0.39 is 5.54 Å². The van der Waals surface area contributed by atoms with Gasteiger partial charge >= 0.3 is 0 Å². The second kappa shape index (κ2) is 4.61. The average Bonchev–Trinajstić information content (AvgIpc) is 2.15. The molecule has 1 amide bonds. The Morgan fingerprint density at radius 1 is 1.38 bits per heavy atom. The van der Waals surface area contributed by atoms with Gasteiger partial charge in [-0.1, -0.05) is 26.2 Å². The van der Waals surface area contributed by atoms with Crippen LogP contribution in [0.25, 0.3) is 0 Å². The molecule has 13 heavy (non-hydrogen) atoms. The van der Waals surface area contributed by atoms with Gasteiger partial charge in [-0.15, -0.1) is 0 Å². The molecule has 3 nitrogen and oxygen atoms in total. The van der Waals surface area contributed by atoms with Crippen molar-refractivity contribution in [2.24, 2.45) is 5.73 Å². The van der Waals surface area contributed by atoms with Gasteiger partial charge in [0.1, 0.15) is 0 Å². The molecule has 0 bridgehead atoms. The maximum Gasteiger partial charge on any atom is 0.240 e. The molecule has 0 spiro atoms. The number of amides is 1. The summed E-state index contributed by atoms with van der Waals surface area (Å²) >= 11 is 0. The maximum absolute atomic E-state index is 11.6. The Bertz CT molecular complexity index is 174. The van der Waals surface area contributed by atoms with Crippen molar-refractivity contribution < 1.29 is 4.79 Å². The lowest BCUT2D eigenvalue weighted by molar-refractivity contribution is -0.127. The summed E-state index contributed by atoms with van der Waals surface area (Å²) in [6, 6.07) is 0. The minimum atomic E-state index is -0.562. The lowest BCUT2D eigenvalue weighted by Crippen LogP contribution is -2.55. The highest BCUT2D eigenvalue weighted by Gasteiger charge is 2.34. The summed E-state index contributed by atoms with van der Waals surface area (Å²) in [4.78, 5) is 11.6. The zero-order valence-corrected chi connectivity index (χ0v) is 8.44. The predicted molar refractivity (Wildman–Crippen MR) is 53.3 cm³/mol. The lowest BCUT2D eigenvalue weighted by Gasteiger charge is -2.31. The summed E-state index contributed by atoms with van der Waals surface area (Å²) in [6.07, 6.45) is 6.08. The molecule has 3 heteroatoms. The highest BCUT2D eigenvalue weighted by Crippen LogP contribution is 2.25. The van der Waals surface area contributed by atoms with Gasteiger partial charge in [-0.05, 0) is 19.3 Å². The first-order valence-corrected chi connectivity index (χ1v) is 5.26. The van der Waals surface area contributed by atoms with Crippen LogP contribution in [0.5, 0.6) is 0 Å². The third kappa shape index (κ3) is 2.69. The summed E-state index contributed by atoms with van der Waals surface area (Å²) in [5, 5.41) is 2.88. The molecule has 0 aromatic rings. The minimum Gasteiger partial charge on any atom is -0.355 e. The van der Waals surface area contributed by atoms with Crippen LogP contribution in [0.4, 0.5) is 0 Å². The van der Waals surface area contributed by atoms with E-state index in [1.165, 1.54) is 6.42 Å². The fraction of sp³-hybridized carbons (Fsp3) is 0.900. The highest BCUT2D eigenvalue weighted by molar-refractivity contribution is 5.86. The van der Waals surface area contributed by atoms with Crippen molar-refractivity contribution in [3.63, 3.8) is 0 Å². The number of carbonyl (C=O) groups excluding carboxylic acids is 1. The van der Waals surface area contributed by atoms with Gasteiger partial charge in [0, 0.05) is 6.54 Å². The van der Waals surface area contributed by atoms with Crippen molar-refractivity contribution in [1.82, 2.24) is 5.32 Å². The molecule has 0 atom stereocenters. The van der Waals surface area contributed by atoms with Crippen LogP contribution in [-0.2, 0) is 4.79 Å². The standard InChI is InChI=1S/C10H20N2O/c1-2-8-12-9(13)10(11)6-4-3-5-7-10/h2-8,11H2,1H3,(H,12,13). The molecular formula is C10H20N2O. The van der Waals surface area contributed by atoms with Crippen molar-refractivity contribution in [1.29, 1.82) is 0 Å². The monoisotopic (exact) mass is 184 g/mol. The number of rotatable bonds is 3. The van der Waals surface area contributed by atoms with Crippen molar-refractivity contribution in [2.45, 2.75) is 51.0 Å². The van der Waals surface area contributed by atoms with Gasteiger partial charge in [0.2, 0.25) is 5.91 Å². The van der Waals surface area contributed by atoms with Crippen molar-refractivity contribution >= 4 is 5.91 Å². The van der Waals surface area contributed by atoms with E-state index in [1.54, 1.807) is 0 Å². The fourth-order valence-electron chi connectivity index (χ4n) is 1.82. The molecule has 0 aromatic heterocycles. The van der Waals surface area contributed by atoms with E-state index in [-0.39, 0.29) is 5.91 Å². The Labute approximate surface area is 80.1 Å². The van der Waals surface area contributed by atoms with Crippen LogP contribution in [0.15, 0.2) is 0 Å². The molecule has 1 rings (SSSR count). The second-order valence-electron chi connectivity index (χ2n) is 3.97. The normalized spacial score (nSPS) is 21.1. The molecule has 1 saturated carbocycles. The minimum absolute atomic E-state index is 0.0500. The van der Waals surface area contributed by atoms with Crippen LogP contribution < -0.4 is 11.1 Å². The van der Waals surface area contributed by atoms with E-state index in [0.717, 1.165) is 38.6 Å². The molecule has 0 saturated heterocycles. The lowest BCUT2D eigenvalue weighted by atomic mass is 9.82. The first-order chi connectivity index (χ1) is 6.19. The van der Waals surface area contributed by atoms with Crippen LogP contribution in [0, 0.1) is 0 Å². The van der Waals surface area contributed by atoms with Crippen LogP contribution in [-0.4, -0.2) is 18.0 Å². The Kier molecular flexibility index (Phi) is 3.72. The van der Waals surface area contributed by atoms with Gasteiger partial charge in [-0.25, -0.2) is 0 Å². The average molecular weight is 184 g/mol. The van der Waals surface area contributed by atoms with E-state index >= 15 is 0 Å². The second-order valence-corrected chi connectivity index (χ2v) is 3.97. The van der Waals surface area contributed by atoms with Gasteiger partial charge in [-0.2, -0.15) is 0 Å². The predicted octanol–water partition coefficient (Wildman–Crippen LogP) is 1.17. The molecular weight excluding hydrogens is 164 g/mol. The Balaban J connectivity index is 2.42. The number of carbonyl (C=O) groups is 1. The van der Waals surface area contributed by atoms with Crippen molar-refractivity contribution in [3.05, 3.63) is 0 Å². The molecule has 0 heterocycles. The SMILES string of the molecule is CCCNC(=O)C1(N)CCCCC1. The summed E-state index contributed by atoms with van der Waals surface area (Å²) in [5.74, 6) is 0.0500. The molecule has 3 N–H and O–H groups in total. The Morgan fingerprint density at radius 2 is 2.00 bits per heavy atom. The van der Waals surface area contributed by atoms with Gasteiger partial charge < -0.3 is 11.1 Å². The molecule has 0 radical (unpaired) electrons. The first-order valence-electron chi connectivity index (χ1n) is 5.26. The highest BCUT2D eigenvalue weighted by atomic mass is 16.2. The largest absolute Gasteiger partial charge is 0.355 e. The van der Waals surface area contributed by atoms with E-state index in [1.807, 2.05) is 6.92 Å².